The first-order chi connectivity index (χ1) is 5.54. The predicted octanol–water partition coefficient (Wildman–Crippen LogP) is -2.47. The van der Waals surface area contributed by atoms with Crippen LogP contribution in [0.4, 0.5) is 0 Å². The third-order valence-electron chi connectivity index (χ3n) is 1.48. The number of nitrogens with two attached hydrogens (primary N) is 1. The molecule has 5 nitrogen and oxygen atoms in total. The van der Waals surface area contributed by atoms with Crippen molar-refractivity contribution in [2.75, 3.05) is 5.75 Å². The van der Waals surface area contributed by atoms with Gasteiger partial charge in [-0.05, 0) is 0 Å². The molecular formula is C6H13NO4S. The van der Waals surface area contributed by atoms with E-state index in [-0.39, 0.29) is 5.75 Å². The molecule has 0 aliphatic carbocycles. The first-order valence-corrected chi connectivity index (χ1v) is 4.03. The Labute approximate surface area is 75.6 Å². The quantitative estimate of drug-likeness (QED) is 0.247. The Morgan fingerprint density at radius 3 is 2.17 bits per heavy atom. The molecule has 0 saturated carbocycles. The molecule has 0 radical (unpaired) electrons. The number of aliphatic hydroxyl groups excluding tert-OH is 3. The monoisotopic (exact) mass is 195 g/mol. The van der Waals surface area contributed by atoms with Gasteiger partial charge in [-0.25, -0.2) is 0 Å². The fourth-order valence-electron chi connectivity index (χ4n) is 0.644. The molecule has 0 rings (SSSR count). The van der Waals surface area contributed by atoms with E-state index in [1.54, 1.807) is 0 Å². The van der Waals surface area contributed by atoms with E-state index < -0.39 is 24.4 Å². The van der Waals surface area contributed by atoms with Gasteiger partial charge in [-0.1, -0.05) is 0 Å². The van der Waals surface area contributed by atoms with E-state index in [2.05, 4.69) is 12.6 Å². The van der Waals surface area contributed by atoms with Crippen LogP contribution < -0.4 is 5.73 Å². The summed E-state index contributed by atoms with van der Waals surface area (Å²) in [6.45, 7) is 0. The molecular weight excluding hydrogens is 182 g/mol. The fraction of sp³-hybridized carbons (Fsp3) is 0.833. The van der Waals surface area contributed by atoms with Crippen molar-refractivity contribution in [3.8, 4) is 0 Å². The smallest absolute Gasteiger partial charge is 0.139 e. The van der Waals surface area contributed by atoms with Crippen molar-refractivity contribution < 1.29 is 20.1 Å². The van der Waals surface area contributed by atoms with Crippen LogP contribution in [0.2, 0.25) is 0 Å². The van der Waals surface area contributed by atoms with Crippen LogP contribution in [-0.2, 0) is 4.79 Å². The van der Waals surface area contributed by atoms with Crippen LogP contribution in [-0.4, -0.2) is 51.7 Å². The number of carbonyl (C=O) groups is 1. The van der Waals surface area contributed by atoms with Crippen LogP contribution in [0.3, 0.4) is 0 Å². The van der Waals surface area contributed by atoms with Gasteiger partial charge in [0.1, 0.15) is 18.5 Å². The molecule has 0 amide bonds. The minimum atomic E-state index is -1.45. The summed E-state index contributed by atoms with van der Waals surface area (Å²) in [5, 5.41) is 27.2. The number of carbonyl (C=O) groups excluding carboxylic acids is 1. The second-order valence-electron chi connectivity index (χ2n) is 2.44. The summed E-state index contributed by atoms with van der Waals surface area (Å²) < 4.78 is 0. The molecule has 72 valence electrons. The van der Waals surface area contributed by atoms with Gasteiger partial charge in [-0.15, -0.1) is 0 Å². The molecule has 0 bridgehead atoms. The number of hydrogen-bond donors (Lipinski definition) is 5. The van der Waals surface area contributed by atoms with Crippen molar-refractivity contribution in [3.63, 3.8) is 0 Å². The number of hydrogen-bond acceptors (Lipinski definition) is 6. The van der Waals surface area contributed by atoms with Crippen LogP contribution in [0, 0.1) is 0 Å². The van der Waals surface area contributed by atoms with E-state index in [1.165, 1.54) is 0 Å². The minimum Gasteiger partial charge on any atom is -0.389 e. The molecule has 6 heteroatoms. The number of rotatable bonds is 5. The first-order valence-electron chi connectivity index (χ1n) is 3.40. The number of aldehydes is 1. The van der Waals surface area contributed by atoms with Crippen molar-refractivity contribution in [1.29, 1.82) is 0 Å². The third kappa shape index (κ3) is 3.08. The molecule has 0 unspecified atom stereocenters. The second-order valence-corrected chi connectivity index (χ2v) is 2.81. The van der Waals surface area contributed by atoms with Gasteiger partial charge in [0.05, 0.1) is 12.1 Å². The lowest BCUT2D eigenvalue weighted by Gasteiger charge is -2.23. The lowest BCUT2D eigenvalue weighted by molar-refractivity contribution is -0.115. The maximum Gasteiger partial charge on any atom is 0.139 e. The second kappa shape index (κ2) is 5.50. The van der Waals surface area contributed by atoms with Crippen LogP contribution in [0.15, 0.2) is 0 Å². The summed E-state index contributed by atoms with van der Waals surface area (Å²) in [6.07, 6.45) is -3.78. The van der Waals surface area contributed by atoms with Gasteiger partial charge >= 0.3 is 0 Å². The maximum absolute atomic E-state index is 10.1. The van der Waals surface area contributed by atoms with E-state index in [9.17, 15) is 4.79 Å². The molecule has 0 aliphatic rings. The summed E-state index contributed by atoms with van der Waals surface area (Å²) in [6, 6.07) is -1.19. The Hall–Kier alpha value is -0.140. The van der Waals surface area contributed by atoms with Gasteiger partial charge in [-0.2, -0.15) is 12.6 Å². The van der Waals surface area contributed by atoms with E-state index >= 15 is 0 Å². The Bertz CT molecular complexity index is 146. The van der Waals surface area contributed by atoms with Crippen LogP contribution in [0.1, 0.15) is 0 Å². The third-order valence-corrected chi connectivity index (χ3v) is 1.86. The van der Waals surface area contributed by atoms with E-state index in [0.717, 1.165) is 0 Å². The zero-order valence-corrected chi connectivity index (χ0v) is 7.26. The molecule has 4 atom stereocenters. The summed E-state index contributed by atoms with van der Waals surface area (Å²) in [7, 11) is 0. The Morgan fingerprint density at radius 1 is 1.33 bits per heavy atom. The number of aliphatic hydroxyl groups is 3. The Balaban J connectivity index is 4.07. The molecule has 0 aromatic rings. The van der Waals surface area contributed by atoms with Crippen molar-refractivity contribution in [2.24, 2.45) is 5.73 Å². The lowest BCUT2D eigenvalue weighted by Crippen LogP contribution is -2.49. The molecule has 0 aromatic carbocycles. The molecule has 5 N–H and O–H groups in total. The van der Waals surface area contributed by atoms with Crippen LogP contribution in [0.5, 0.6) is 0 Å². The predicted molar refractivity (Wildman–Crippen MR) is 45.9 cm³/mol. The highest BCUT2D eigenvalue weighted by Crippen LogP contribution is 2.03. The molecule has 0 aromatic heterocycles. The fourth-order valence-corrected chi connectivity index (χ4v) is 0.860. The summed E-state index contributed by atoms with van der Waals surface area (Å²) in [5.41, 5.74) is 5.10. The Kier molecular flexibility index (Phi) is 5.43. The van der Waals surface area contributed by atoms with E-state index in [4.69, 9.17) is 21.1 Å². The average molecular weight is 195 g/mol. The van der Waals surface area contributed by atoms with Crippen molar-refractivity contribution >= 4 is 18.9 Å². The highest BCUT2D eigenvalue weighted by molar-refractivity contribution is 7.80. The summed E-state index contributed by atoms with van der Waals surface area (Å²) >= 11 is 3.70. The zero-order chi connectivity index (χ0) is 9.72. The van der Waals surface area contributed by atoms with Gasteiger partial charge in [0, 0.05) is 5.75 Å². The normalized spacial score (nSPS) is 21.1. The topological polar surface area (TPSA) is 104 Å². The van der Waals surface area contributed by atoms with Gasteiger partial charge in [0.15, 0.2) is 0 Å². The Morgan fingerprint density at radius 2 is 1.83 bits per heavy atom. The average Bonchev–Trinajstić information content (AvgIpc) is 2.12. The molecule has 0 fully saturated rings. The molecule has 12 heavy (non-hydrogen) atoms. The van der Waals surface area contributed by atoms with Crippen molar-refractivity contribution in [2.45, 2.75) is 24.4 Å². The molecule has 0 saturated heterocycles. The maximum atomic E-state index is 10.1. The summed E-state index contributed by atoms with van der Waals surface area (Å²) in [5.74, 6) is -0.0101. The standard InChI is InChI=1S/C6H13NO4S/c7-3(1-8)5(10)6(11)4(9)2-12/h1,3-6,9-12H,2,7H2/t3-,4-,5-,6-/m1/s1. The van der Waals surface area contributed by atoms with E-state index in [0.29, 0.717) is 6.29 Å². The molecule has 0 spiro atoms. The zero-order valence-electron chi connectivity index (χ0n) is 6.37. The molecule has 0 heterocycles. The molecule has 0 aliphatic heterocycles. The van der Waals surface area contributed by atoms with Gasteiger partial charge in [0.25, 0.3) is 0 Å². The lowest BCUT2D eigenvalue weighted by atomic mass is 10.0. The highest BCUT2D eigenvalue weighted by atomic mass is 32.1. The SMILES string of the molecule is N[C@H](C=O)[C@@H](O)[C@H](O)[C@H](O)CS. The van der Waals surface area contributed by atoms with E-state index in [1.807, 2.05) is 0 Å². The van der Waals surface area contributed by atoms with Gasteiger partial charge < -0.3 is 25.8 Å². The highest BCUT2D eigenvalue weighted by Gasteiger charge is 2.28. The van der Waals surface area contributed by atoms with Crippen LogP contribution >= 0.6 is 12.6 Å². The van der Waals surface area contributed by atoms with Gasteiger partial charge in [0.2, 0.25) is 0 Å². The minimum absolute atomic E-state index is 0.0101. The number of thiol groups is 1. The van der Waals surface area contributed by atoms with Gasteiger partial charge in [-0.3, -0.25) is 0 Å². The van der Waals surface area contributed by atoms with Crippen molar-refractivity contribution in [3.05, 3.63) is 0 Å². The first kappa shape index (κ1) is 11.9. The van der Waals surface area contributed by atoms with Crippen molar-refractivity contribution in [1.82, 2.24) is 0 Å². The van der Waals surface area contributed by atoms with Crippen LogP contribution in [0.25, 0.3) is 0 Å². The summed E-state index contributed by atoms with van der Waals surface area (Å²) in [4.78, 5) is 10.1. The largest absolute Gasteiger partial charge is 0.389 e.